The molecule has 2 aliphatic heterocycles. The first-order valence-electron chi connectivity index (χ1n) is 22.5. The summed E-state index contributed by atoms with van der Waals surface area (Å²) in [6.45, 7) is 13.8. The predicted octanol–water partition coefficient (Wildman–Crippen LogP) is 15.0. The second-order valence-electron chi connectivity index (χ2n) is 19.8. The Labute approximate surface area is 382 Å². The van der Waals surface area contributed by atoms with Crippen molar-refractivity contribution in [3.05, 3.63) is 181 Å². The maximum atomic E-state index is 2.62. The molecule has 0 N–H and O–H groups in total. The van der Waals surface area contributed by atoms with Crippen LogP contribution in [0, 0.1) is 0 Å². The lowest BCUT2D eigenvalue weighted by molar-refractivity contribution is 0.590. The Morgan fingerprint density at radius 3 is 1.75 bits per heavy atom. The fourth-order valence-electron chi connectivity index (χ4n) is 10.8. The molecule has 0 saturated carbocycles. The van der Waals surface area contributed by atoms with Gasteiger partial charge in [0.2, 0.25) is 0 Å². The highest BCUT2D eigenvalue weighted by atomic mass is 32.1. The van der Waals surface area contributed by atoms with Crippen LogP contribution in [-0.2, 0) is 10.8 Å². The van der Waals surface area contributed by atoms with Crippen LogP contribution in [0.3, 0.4) is 0 Å². The van der Waals surface area contributed by atoms with Crippen molar-refractivity contribution in [3.63, 3.8) is 0 Å². The molecule has 13 rings (SSSR count). The van der Waals surface area contributed by atoms with E-state index in [-0.39, 0.29) is 17.5 Å². The summed E-state index contributed by atoms with van der Waals surface area (Å²) in [6.07, 6.45) is 0. The van der Waals surface area contributed by atoms with Crippen molar-refractivity contribution >= 4 is 131 Å². The molecule has 11 aromatic rings. The normalized spacial score (nSPS) is 13.4. The van der Waals surface area contributed by atoms with Crippen molar-refractivity contribution in [2.45, 2.75) is 52.4 Å². The van der Waals surface area contributed by atoms with E-state index in [1.807, 2.05) is 22.7 Å². The molecule has 3 nitrogen and oxygen atoms in total. The van der Waals surface area contributed by atoms with Gasteiger partial charge in [-0.05, 0) is 99.6 Å². The molecule has 0 atom stereocenters. The van der Waals surface area contributed by atoms with Gasteiger partial charge in [0, 0.05) is 69.5 Å². The molecule has 5 heterocycles. The minimum absolute atomic E-state index is 0.0492. The molecule has 0 amide bonds. The molecule has 0 aliphatic carbocycles. The van der Waals surface area contributed by atoms with Gasteiger partial charge in [-0.3, -0.25) is 0 Å². The largest absolute Gasteiger partial charge is 0.310 e. The van der Waals surface area contributed by atoms with Crippen LogP contribution < -0.4 is 25.5 Å². The Bertz CT molecular complexity index is 3650. The molecule has 0 radical (unpaired) electrons. The van der Waals surface area contributed by atoms with E-state index in [2.05, 4.69) is 226 Å². The lowest BCUT2D eigenvalue weighted by atomic mass is 9.36. The van der Waals surface area contributed by atoms with Gasteiger partial charge < -0.3 is 14.4 Å². The first-order valence-corrected chi connectivity index (χ1v) is 24.1. The Morgan fingerprint density at radius 1 is 0.469 bits per heavy atom. The second-order valence-corrected chi connectivity index (χ2v) is 21.9. The van der Waals surface area contributed by atoms with E-state index in [0.717, 1.165) is 17.1 Å². The van der Waals surface area contributed by atoms with Gasteiger partial charge in [-0.2, -0.15) is 0 Å². The van der Waals surface area contributed by atoms with E-state index in [4.69, 9.17) is 0 Å². The van der Waals surface area contributed by atoms with Crippen LogP contribution in [0.25, 0.3) is 57.8 Å². The van der Waals surface area contributed by atoms with Gasteiger partial charge in [0.05, 0.1) is 27.1 Å². The number of hydrogen-bond acceptors (Lipinski definition) is 4. The van der Waals surface area contributed by atoms with Crippen LogP contribution in [-0.4, -0.2) is 11.3 Å². The average molecular weight is 860 g/mol. The summed E-state index contributed by atoms with van der Waals surface area (Å²) in [6, 6.07) is 64.5. The predicted molar refractivity (Wildman–Crippen MR) is 280 cm³/mol. The highest BCUT2D eigenvalue weighted by Crippen LogP contribution is 2.50. The second kappa shape index (κ2) is 13.5. The number of para-hydroxylation sites is 1. The highest BCUT2D eigenvalue weighted by Gasteiger charge is 2.44. The fraction of sp³-hybridized carbons (Fsp3) is 0.138. The number of anilines is 6. The third-order valence-electron chi connectivity index (χ3n) is 13.9. The van der Waals surface area contributed by atoms with Gasteiger partial charge >= 0.3 is 0 Å². The summed E-state index contributed by atoms with van der Waals surface area (Å²) in [5.74, 6) is 0. The summed E-state index contributed by atoms with van der Waals surface area (Å²) in [5, 5.41) is 6.54. The van der Waals surface area contributed by atoms with Crippen molar-refractivity contribution in [2.75, 3.05) is 9.80 Å². The standard InChI is InChI=1S/C58H46BN3S2/c1-57(2,3)35-22-26-37(27-23-35)60(38-28-24-36(25-29-38)58(4,5)6)39-30-32-45-49(34-39)61(48-19-13-17-43-41-15-8-11-20-50(41)63-55(43)48)47-33-31-42-40-14-7-10-18-46(40)62-53(42)52(47)59(45)56-54(62)44-16-9-12-21-51(44)64-56/h7-34H,1-6H3. The van der Waals surface area contributed by atoms with Crippen LogP contribution in [0.2, 0.25) is 0 Å². The van der Waals surface area contributed by atoms with Crippen molar-refractivity contribution in [1.82, 2.24) is 4.57 Å². The number of rotatable bonds is 4. The maximum absolute atomic E-state index is 2.62. The molecule has 6 heteroatoms. The van der Waals surface area contributed by atoms with Crippen molar-refractivity contribution in [3.8, 4) is 5.69 Å². The highest BCUT2D eigenvalue weighted by molar-refractivity contribution is 7.33. The van der Waals surface area contributed by atoms with Gasteiger partial charge in [-0.15, -0.1) is 22.7 Å². The first kappa shape index (κ1) is 37.9. The average Bonchev–Trinajstić information content (AvgIpc) is 3.98. The van der Waals surface area contributed by atoms with Crippen molar-refractivity contribution in [2.24, 2.45) is 0 Å². The molecule has 2 aliphatic rings. The van der Waals surface area contributed by atoms with E-state index < -0.39 is 0 Å². The SMILES string of the molecule is CC(C)(C)c1ccc(N(c2ccc(C(C)(C)C)cc2)c2ccc3c(c2)N(c2cccc4c2sc2ccccc24)c2ccc4c5ccccc5n5c4c2B3c2sc3ccccc3c2-5)cc1. The zero-order valence-corrected chi connectivity index (χ0v) is 38.5. The number of fused-ring (bicyclic) bond motifs is 13. The molecule has 64 heavy (non-hydrogen) atoms. The fourth-order valence-corrected chi connectivity index (χ4v) is 13.3. The smallest absolute Gasteiger partial charge is 0.264 e. The zero-order chi connectivity index (χ0) is 43.2. The molecule has 308 valence electrons. The molecule has 8 aromatic carbocycles. The molecule has 0 bridgehead atoms. The quantitative estimate of drug-likeness (QED) is 0.163. The zero-order valence-electron chi connectivity index (χ0n) is 36.9. The molecule has 0 spiro atoms. The Hall–Kier alpha value is -6.60. The lowest BCUT2D eigenvalue weighted by Crippen LogP contribution is -2.59. The van der Waals surface area contributed by atoms with Gasteiger partial charge in [0.1, 0.15) is 0 Å². The van der Waals surface area contributed by atoms with Crippen molar-refractivity contribution < 1.29 is 0 Å². The van der Waals surface area contributed by atoms with Gasteiger partial charge in [-0.1, -0.05) is 145 Å². The molecule has 0 fully saturated rings. The van der Waals surface area contributed by atoms with Crippen LogP contribution >= 0.6 is 22.7 Å². The Kier molecular flexibility index (Phi) is 7.98. The summed E-state index contributed by atoms with van der Waals surface area (Å²) in [7, 11) is 0. The third-order valence-corrected chi connectivity index (χ3v) is 16.3. The maximum Gasteiger partial charge on any atom is 0.264 e. The molecule has 0 saturated heterocycles. The summed E-state index contributed by atoms with van der Waals surface area (Å²) < 4.78 is 7.95. The Balaban J connectivity index is 1.12. The van der Waals surface area contributed by atoms with Crippen LogP contribution in [0.1, 0.15) is 52.7 Å². The van der Waals surface area contributed by atoms with Gasteiger partial charge in [0.25, 0.3) is 6.71 Å². The minimum Gasteiger partial charge on any atom is -0.310 e. The van der Waals surface area contributed by atoms with Crippen LogP contribution in [0.5, 0.6) is 0 Å². The van der Waals surface area contributed by atoms with Crippen LogP contribution in [0.15, 0.2) is 170 Å². The number of thiophene rings is 2. The number of aromatic nitrogens is 1. The molecular formula is C58H46BN3S2. The summed E-state index contributed by atoms with van der Waals surface area (Å²) >= 11 is 3.87. The van der Waals surface area contributed by atoms with E-state index >= 15 is 0 Å². The minimum atomic E-state index is 0.0492. The first-order chi connectivity index (χ1) is 31.0. The van der Waals surface area contributed by atoms with Crippen LogP contribution in [0.4, 0.5) is 34.1 Å². The van der Waals surface area contributed by atoms with E-state index in [0.29, 0.717) is 0 Å². The summed E-state index contributed by atoms with van der Waals surface area (Å²) in [5.41, 5.74) is 16.5. The van der Waals surface area contributed by atoms with Gasteiger partial charge in [0.15, 0.2) is 0 Å². The lowest BCUT2D eigenvalue weighted by Gasteiger charge is -2.40. The third kappa shape index (κ3) is 5.39. The number of nitrogens with zero attached hydrogens (tertiary/aromatic N) is 3. The van der Waals surface area contributed by atoms with Gasteiger partial charge in [-0.25, -0.2) is 0 Å². The molecule has 3 aromatic heterocycles. The Morgan fingerprint density at radius 2 is 1.06 bits per heavy atom. The topological polar surface area (TPSA) is 11.4 Å². The van der Waals surface area contributed by atoms with E-state index in [9.17, 15) is 0 Å². The number of benzene rings is 8. The molecular weight excluding hydrogens is 814 g/mol. The monoisotopic (exact) mass is 859 g/mol. The van der Waals surface area contributed by atoms with E-state index in [1.165, 1.54) is 102 Å². The molecule has 0 unspecified atom stereocenters. The number of hydrogen-bond donors (Lipinski definition) is 0. The van der Waals surface area contributed by atoms with Crippen molar-refractivity contribution in [1.29, 1.82) is 0 Å². The van der Waals surface area contributed by atoms with E-state index in [1.54, 1.807) is 0 Å². The summed E-state index contributed by atoms with van der Waals surface area (Å²) in [4.78, 5) is 5.07.